The zero-order chi connectivity index (χ0) is 12.6. The van der Waals surface area contributed by atoms with Gasteiger partial charge in [0.25, 0.3) is 5.69 Å². The van der Waals surface area contributed by atoms with Crippen molar-refractivity contribution in [2.75, 3.05) is 5.32 Å². The van der Waals surface area contributed by atoms with Gasteiger partial charge in [-0.2, -0.15) is 0 Å². The Morgan fingerprint density at radius 3 is 2.61 bits per heavy atom. The van der Waals surface area contributed by atoms with E-state index in [1.165, 1.54) is 6.07 Å². The molecule has 1 aliphatic rings. The molecule has 3 N–H and O–H groups in total. The van der Waals surface area contributed by atoms with Crippen molar-refractivity contribution >= 4 is 29.7 Å². The number of carbonyl (C=O) groups is 1. The molecule has 7 heteroatoms. The molecule has 1 aromatic carbocycles. The van der Waals surface area contributed by atoms with Crippen LogP contribution in [0.15, 0.2) is 18.2 Å². The molecule has 0 spiro atoms. The number of hydrogen-bond donors (Lipinski definition) is 2. The number of nitrogens with one attached hydrogen (secondary N) is 1. The first kappa shape index (κ1) is 14.4. The Hall–Kier alpha value is -1.66. The van der Waals surface area contributed by atoms with Crippen LogP contribution in [0.5, 0.6) is 0 Å². The molecular weight excluding hydrogens is 258 g/mol. The van der Waals surface area contributed by atoms with Crippen molar-refractivity contribution in [2.24, 2.45) is 5.73 Å². The summed E-state index contributed by atoms with van der Waals surface area (Å²) in [7, 11) is 0. The smallest absolute Gasteiger partial charge is 0.274 e. The molecule has 0 bridgehead atoms. The summed E-state index contributed by atoms with van der Waals surface area (Å²) >= 11 is 0. The van der Waals surface area contributed by atoms with E-state index in [4.69, 9.17) is 5.73 Å². The highest BCUT2D eigenvalue weighted by molar-refractivity contribution is 6.00. The molecule has 0 saturated heterocycles. The van der Waals surface area contributed by atoms with Crippen LogP contribution in [0.1, 0.15) is 18.4 Å². The summed E-state index contributed by atoms with van der Waals surface area (Å²) in [5.74, 6) is -0.282. The molecule has 2 rings (SSSR count). The number of benzene rings is 1. The van der Waals surface area contributed by atoms with Gasteiger partial charge in [-0.15, -0.1) is 12.4 Å². The minimum Gasteiger partial charge on any atom is -0.324 e. The average Bonchev–Trinajstić information content (AvgIpc) is 3.00. The van der Waals surface area contributed by atoms with Gasteiger partial charge in [0.05, 0.1) is 10.5 Å². The van der Waals surface area contributed by atoms with Crippen LogP contribution in [0.25, 0.3) is 0 Å². The monoisotopic (exact) mass is 271 g/mol. The van der Waals surface area contributed by atoms with Crippen molar-refractivity contribution in [3.63, 3.8) is 0 Å². The van der Waals surface area contributed by atoms with Gasteiger partial charge in [0.1, 0.15) is 0 Å². The lowest BCUT2D eigenvalue weighted by Crippen LogP contribution is -2.37. The Morgan fingerprint density at radius 2 is 2.11 bits per heavy atom. The Labute approximate surface area is 110 Å². The van der Waals surface area contributed by atoms with E-state index in [-0.39, 0.29) is 24.0 Å². The van der Waals surface area contributed by atoms with E-state index in [0.717, 1.165) is 0 Å². The molecule has 98 valence electrons. The highest BCUT2D eigenvalue weighted by Gasteiger charge is 2.45. The fraction of sp³-hybridized carbons (Fsp3) is 0.364. The van der Waals surface area contributed by atoms with Crippen LogP contribution < -0.4 is 11.1 Å². The van der Waals surface area contributed by atoms with E-state index in [9.17, 15) is 14.9 Å². The molecule has 1 amide bonds. The summed E-state index contributed by atoms with van der Waals surface area (Å²) in [5, 5.41) is 13.3. The van der Waals surface area contributed by atoms with Crippen LogP contribution in [0, 0.1) is 17.0 Å². The number of rotatable bonds is 3. The molecule has 1 saturated carbocycles. The number of nitro groups is 1. The summed E-state index contributed by atoms with van der Waals surface area (Å²) in [6.45, 7) is 1.65. The number of halogens is 1. The first-order chi connectivity index (χ1) is 7.92. The van der Waals surface area contributed by atoms with Crippen LogP contribution in [0.3, 0.4) is 0 Å². The molecule has 18 heavy (non-hydrogen) atoms. The zero-order valence-electron chi connectivity index (χ0n) is 9.80. The van der Waals surface area contributed by atoms with E-state index in [2.05, 4.69) is 5.32 Å². The number of nitrogens with two attached hydrogens (primary N) is 1. The second-order valence-electron chi connectivity index (χ2n) is 4.37. The second-order valence-corrected chi connectivity index (χ2v) is 4.37. The first-order valence-electron chi connectivity index (χ1n) is 5.28. The zero-order valence-corrected chi connectivity index (χ0v) is 10.6. The second kappa shape index (κ2) is 4.91. The molecule has 0 aromatic heterocycles. The summed E-state index contributed by atoms with van der Waals surface area (Å²) in [5.41, 5.74) is 5.90. The summed E-state index contributed by atoms with van der Waals surface area (Å²) in [4.78, 5) is 21.9. The minimum absolute atomic E-state index is 0. The van der Waals surface area contributed by atoms with Gasteiger partial charge in [-0.3, -0.25) is 14.9 Å². The van der Waals surface area contributed by atoms with Gasteiger partial charge in [-0.05, 0) is 25.8 Å². The number of aryl methyl sites for hydroxylation is 1. The van der Waals surface area contributed by atoms with Crippen molar-refractivity contribution in [3.05, 3.63) is 33.9 Å². The van der Waals surface area contributed by atoms with E-state index >= 15 is 0 Å². The SMILES string of the molecule is Cc1ccc(NC(=O)C2(N)CC2)cc1[N+](=O)[O-].Cl. The van der Waals surface area contributed by atoms with E-state index in [1.807, 2.05) is 0 Å². The Morgan fingerprint density at radius 1 is 1.50 bits per heavy atom. The number of anilines is 1. The third-order valence-electron chi connectivity index (χ3n) is 2.90. The number of amides is 1. The Kier molecular flexibility index (Phi) is 3.93. The Bertz CT molecular complexity index is 500. The highest BCUT2D eigenvalue weighted by Crippen LogP contribution is 2.33. The molecule has 0 unspecified atom stereocenters. The molecule has 1 aromatic rings. The first-order valence-corrected chi connectivity index (χ1v) is 5.28. The van der Waals surface area contributed by atoms with Crippen molar-refractivity contribution in [3.8, 4) is 0 Å². The quantitative estimate of drug-likeness (QED) is 0.646. The van der Waals surface area contributed by atoms with Gasteiger partial charge in [-0.25, -0.2) is 0 Å². The van der Waals surface area contributed by atoms with Crippen LogP contribution in [-0.2, 0) is 4.79 Å². The maximum absolute atomic E-state index is 11.7. The maximum Gasteiger partial charge on any atom is 0.274 e. The Balaban J connectivity index is 0.00000162. The summed E-state index contributed by atoms with van der Waals surface area (Å²) in [6.07, 6.45) is 1.32. The van der Waals surface area contributed by atoms with Crippen molar-refractivity contribution in [1.29, 1.82) is 0 Å². The number of carbonyl (C=O) groups excluding carboxylic acids is 1. The number of hydrogen-bond acceptors (Lipinski definition) is 4. The van der Waals surface area contributed by atoms with Crippen molar-refractivity contribution in [2.45, 2.75) is 25.3 Å². The highest BCUT2D eigenvalue weighted by atomic mass is 35.5. The molecule has 0 heterocycles. The third-order valence-corrected chi connectivity index (χ3v) is 2.90. The van der Waals surface area contributed by atoms with Crippen LogP contribution in [0.2, 0.25) is 0 Å². The van der Waals surface area contributed by atoms with Crippen molar-refractivity contribution < 1.29 is 9.72 Å². The van der Waals surface area contributed by atoms with E-state index in [0.29, 0.717) is 24.1 Å². The molecule has 1 fully saturated rings. The predicted molar refractivity (Wildman–Crippen MR) is 69.9 cm³/mol. The lowest BCUT2D eigenvalue weighted by atomic mass is 10.1. The molecule has 0 aliphatic heterocycles. The summed E-state index contributed by atoms with van der Waals surface area (Å²) in [6, 6.07) is 4.58. The van der Waals surface area contributed by atoms with Gasteiger partial charge in [0.15, 0.2) is 0 Å². The summed E-state index contributed by atoms with van der Waals surface area (Å²) < 4.78 is 0. The van der Waals surface area contributed by atoms with Gasteiger partial charge < -0.3 is 11.1 Å². The lowest BCUT2D eigenvalue weighted by Gasteiger charge is -2.10. The minimum atomic E-state index is -0.778. The van der Waals surface area contributed by atoms with Gasteiger partial charge in [-0.1, -0.05) is 6.07 Å². The molecule has 1 aliphatic carbocycles. The average molecular weight is 272 g/mol. The maximum atomic E-state index is 11.7. The fourth-order valence-electron chi connectivity index (χ4n) is 1.50. The number of nitrogens with zero attached hydrogens (tertiary/aromatic N) is 1. The van der Waals surface area contributed by atoms with Crippen LogP contribution in [0.4, 0.5) is 11.4 Å². The van der Waals surface area contributed by atoms with Crippen LogP contribution in [-0.4, -0.2) is 16.4 Å². The molecule has 6 nitrogen and oxygen atoms in total. The van der Waals surface area contributed by atoms with Gasteiger partial charge in [0.2, 0.25) is 5.91 Å². The van der Waals surface area contributed by atoms with Gasteiger partial charge in [0, 0.05) is 17.3 Å². The van der Waals surface area contributed by atoms with Crippen molar-refractivity contribution in [1.82, 2.24) is 0 Å². The molecule has 0 radical (unpaired) electrons. The topological polar surface area (TPSA) is 98.3 Å². The van der Waals surface area contributed by atoms with E-state index in [1.54, 1.807) is 19.1 Å². The van der Waals surface area contributed by atoms with Crippen LogP contribution >= 0.6 is 12.4 Å². The lowest BCUT2D eigenvalue weighted by molar-refractivity contribution is -0.385. The standard InChI is InChI=1S/C11H13N3O3.ClH/c1-7-2-3-8(6-9(7)14(16)17)13-10(15)11(12)4-5-11;/h2-3,6H,4-5,12H2,1H3,(H,13,15);1H. The molecular formula is C11H14ClN3O3. The largest absolute Gasteiger partial charge is 0.324 e. The fourth-order valence-corrected chi connectivity index (χ4v) is 1.50. The normalized spacial score (nSPS) is 15.4. The van der Waals surface area contributed by atoms with E-state index < -0.39 is 10.5 Å². The molecule has 0 atom stereocenters. The van der Waals surface area contributed by atoms with Gasteiger partial charge >= 0.3 is 0 Å². The third kappa shape index (κ3) is 2.77. The predicted octanol–water partition coefficient (Wildman–Crippen LogP) is 1.75. The number of nitro benzene ring substituents is 1.